The molecule has 4 saturated carbocycles. The summed E-state index contributed by atoms with van der Waals surface area (Å²) in [5, 5.41) is 3.29. The Hall–Kier alpha value is -1.06. The lowest BCUT2D eigenvalue weighted by Gasteiger charge is -2.57. The number of piperidine rings is 1. The van der Waals surface area contributed by atoms with Crippen molar-refractivity contribution in [2.75, 3.05) is 13.1 Å². The van der Waals surface area contributed by atoms with Crippen LogP contribution < -0.4 is 5.32 Å². The Bertz CT molecular complexity index is 480. The smallest absolute Gasteiger partial charge is 0.242 e. The van der Waals surface area contributed by atoms with Crippen molar-refractivity contribution >= 4 is 11.8 Å². The van der Waals surface area contributed by atoms with Gasteiger partial charge in [0, 0.05) is 19.5 Å². The van der Waals surface area contributed by atoms with E-state index in [2.05, 4.69) is 5.32 Å². The highest BCUT2D eigenvalue weighted by atomic mass is 16.2. The summed E-state index contributed by atoms with van der Waals surface area (Å²) < 4.78 is 0. The van der Waals surface area contributed by atoms with Crippen LogP contribution in [0.1, 0.15) is 71.1 Å². The number of nitrogens with zero attached hydrogens (tertiary/aromatic N) is 1. The van der Waals surface area contributed by atoms with Gasteiger partial charge in [-0.1, -0.05) is 6.92 Å². The molecule has 5 rings (SSSR count). The summed E-state index contributed by atoms with van der Waals surface area (Å²) in [4.78, 5) is 26.8. The van der Waals surface area contributed by atoms with E-state index in [0.29, 0.717) is 11.8 Å². The van der Waals surface area contributed by atoms with Crippen LogP contribution in [0.25, 0.3) is 0 Å². The number of likely N-dealkylation sites (tertiary alicyclic amines) is 1. The Morgan fingerprint density at radius 1 is 1.04 bits per heavy atom. The number of hydrogen-bond donors (Lipinski definition) is 1. The van der Waals surface area contributed by atoms with Crippen LogP contribution >= 0.6 is 0 Å². The minimum absolute atomic E-state index is 0.104. The minimum atomic E-state index is -0.222. The van der Waals surface area contributed by atoms with Crippen molar-refractivity contribution in [1.29, 1.82) is 0 Å². The molecule has 0 aromatic heterocycles. The van der Waals surface area contributed by atoms with Gasteiger partial charge in [-0.2, -0.15) is 0 Å². The van der Waals surface area contributed by atoms with Gasteiger partial charge < -0.3 is 10.2 Å². The fourth-order valence-electron chi connectivity index (χ4n) is 6.60. The Labute approximate surface area is 145 Å². The first-order chi connectivity index (χ1) is 11.6. The molecule has 1 saturated heterocycles. The highest BCUT2D eigenvalue weighted by molar-refractivity contribution is 5.87. The summed E-state index contributed by atoms with van der Waals surface area (Å²) in [5.74, 6) is 2.99. The van der Waals surface area contributed by atoms with E-state index < -0.39 is 0 Å². The molecule has 24 heavy (non-hydrogen) atoms. The van der Waals surface area contributed by atoms with Crippen LogP contribution in [-0.4, -0.2) is 35.8 Å². The van der Waals surface area contributed by atoms with Gasteiger partial charge in [0.1, 0.15) is 6.04 Å². The summed E-state index contributed by atoms with van der Waals surface area (Å²) >= 11 is 0. The molecule has 0 spiro atoms. The van der Waals surface area contributed by atoms with E-state index in [9.17, 15) is 9.59 Å². The van der Waals surface area contributed by atoms with Crippen molar-refractivity contribution in [1.82, 2.24) is 10.2 Å². The molecule has 1 N–H and O–H groups in total. The normalized spacial score (nSPS) is 40.6. The van der Waals surface area contributed by atoms with Gasteiger partial charge in [-0.25, -0.2) is 0 Å². The first-order valence-electron chi connectivity index (χ1n) is 10.2. The quantitative estimate of drug-likeness (QED) is 0.860. The van der Waals surface area contributed by atoms with Gasteiger partial charge in [0.25, 0.3) is 0 Å². The average Bonchev–Trinajstić information content (AvgIpc) is 2.58. The van der Waals surface area contributed by atoms with Crippen LogP contribution in [0.4, 0.5) is 0 Å². The first-order valence-corrected chi connectivity index (χ1v) is 10.2. The van der Waals surface area contributed by atoms with Gasteiger partial charge in [0.2, 0.25) is 11.8 Å². The molecule has 1 aliphatic heterocycles. The maximum atomic E-state index is 12.8. The topological polar surface area (TPSA) is 49.4 Å². The first kappa shape index (κ1) is 16.4. The van der Waals surface area contributed by atoms with Crippen LogP contribution in [-0.2, 0) is 9.59 Å². The summed E-state index contributed by atoms with van der Waals surface area (Å²) in [6.07, 6.45) is 11.7. The van der Waals surface area contributed by atoms with Crippen molar-refractivity contribution in [3.63, 3.8) is 0 Å². The van der Waals surface area contributed by atoms with Gasteiger partial charge >= 0.3 is 0 Å². The number of hydrogen-bond acceptors (Lipinski definition) is 2. The second kappa shape index (κ2) is 6.34. The Morgan fingerprint density at radius 2 is 1.67 bits per heavy atom. The van der Waals surface area contributed by atoms with E-state index in [1.165, 1.54) is 38.5 Å². The largest absolute Gasteiger partial charge is 0.354 e. The lowest BCUT2D eigenvalue weighted by atomic mass is 9.49. The van der Waals surface area contributed by atoms with Crippen LogP contribution in [0.3, 0.4) is 0 Å². The van der Waals surface area contributed by atoms with Gasteiger partial charge in [0.05, 0.1) is 0 Å². The van der Waals surface area contributed by atoms with Gasteiger partial charge in [-0.15, -0.1) is 0 Å². The molecule has 4 heteroatoms. The lowest BCUT2D eigenvalue weighted by molar-refractivity contribution is -0.142. The van der Waals surface area contributed by atoms with Crippen LogP contribution in [0.15, 0.2) is 0 Å². The molecule has 0 aromatic carbocycles. The van der Waals surface area contributed by atoms with Crippen molar-refractivity contribution in [2.24, 2.45) is 23.2 Å². The van der Waals surface area contributed by atoms with E-state index in [1.54, 1.807) is 0 Å². The standard InChI is InChI=1S/C20H32N2O2/c1-2-18(23)22-6-4-3-5-17(22)19(24)21-13-20-10-14-7-15(11-20)9-16(8-14)12-20/h14-17H,2-13H2,1H3,(H,21,24). The second-order valence-corrected chi connectivity index (χ2v) is 9.09. The molecule has 5 fully saturated rings. The lowest BCUT2D eigenvalue weighted by Crippen LogP contribution is -2.55. The Balaban J connectivity index is 1.38. The molecule has 1 unspecified atom stereocenters. The third-order valence-electron chi connectivity index (χ3n) is 7.23. The van der Waals surface area contributed by atoms with Crippen LogP contribution in [0.5, 0.6) is 0 Å². The SMILES string of the molecule is CCC(=O)N1CCCCC1C(=O)NCC12CC3CC(CC(C3)C1)C2. The Morgan fingerprint density at radius 3 is 2.25 bits per heavy atom. The van der Waals surface area contributed by atoms with E-state index in [1.807, 2.05) is 11.8 Å². The zero-order valence-electron chi connectivity index (χ0n) is 15.1. The van der Waals surface area contributed by atoms with Crippen molar-refractivity contribution in [3.05, 3.63) is 0 Å². The zero-order chi connectivity index (χ0) is 16.7. The summed E-state index contributed by atoms with van der Waals surface area (Å²) in [5.41, 5.74) is 0.374. The molecule has 0 aromatic rings. The molecule has 0 radical (unpaired) electrons. The highest BCUT2D eigenvalue weighted by Gasteiger charge is 2.51. The number of rotatable bonds is 4. The monoisotopic (exact) mass is 332 g/mol. The van der Waals surface area contributed by atoms with Gasteiger partial charge in [-0.05, 0) is 81.0 Å². The maximum Gasteiger partial charge on any atom is 0.242 e. The molecule has 1 atom stereocenters. The fraction of sp³-hybridized carbons (Fsp3) is 0.900. The molecular weight excluding hydrogens is 300 g/mol. The van der Waals surface area contributed by atoms with Gasteiger partial charge in [0.15, 0.2) is 0 Å². The van der Waals surface area contributed by atoms with Crippen LogP contribution in [0.2, 0.25) is 0 Å². The highest BCUT2D eigenvalue weighted by Crippen LogP contribution is 2.59. The second-order valence-electron chi connectivity index (χ2n) is 9.09. The van der Waals surface area contributed by atoms with E-state index in [4.69, 9.17) is 0 Å². The van der Waals surface area contributed by atoms with Gasteiger partial charge in [-0.3, -0.25) is 9.59 Å². The van der Waals surface area contributed by atoms with Crippen molar-refractivity contribution < 1.29 is 9.59 Å². The van der Waals surface area contributed by atoms with Crippen LogP contribution in [0, 0.1) is 23.2 Å². The molecule has 2 amide bonds. The Kier molecular flexibility index (Phi) is 4.34. The molecular formula is C20H32N2O2. The van der Waals surface area contributed by atoms with E-state index >= 15 is 0 Å². The van der Waals surface area contributed by atoms with E-state index in [0.717, 1.165) is 50.1 Å². The molecule has 4 bridgehead atoms. The third kappa shape index (κ3) is 2.97. The maximum absolute atomic E-state index is 12.8. The molecule has 1 heterocycles. The van der Waals surface area contributed by atoms with Crippen molar-refractivity contribution in [2.45, 2.75) is 77.2 Å². The number of carbonyl (C=O) groups is 2. The average molecular weight is 332 g/mol. The molecule has 5 aliphatic rings. The minimum Gasteiger partial charge on any atom is -0.354 e. The molecule has 4 aliphatic carbocycles. The zero-order valence-corrected chi connectivity index (χ0v) is 15.1. The van der Waals surface area contributed by atoms with Crippen molar-refractivity contribution in [3.8, 4) is 0 Å². The number of amides is 2. The number of carbonyl (C=O) groups excluding carboxylic acids is 2. The third-order valence-corrected chi connectivity index (χ3v) is 7.23. The summed E-state index contributed by atoms with van der Waals surface area (Å²) in [7, 11) is 0. The molecule has 134 valence electrons. The number of nitrogens with one attached hydrogen (secondary N) is 1. The van der Waals surface area contributed by atoms with E-state index in [-0.39, 0.29) is 17.9 Å². The summed E-state index contributed by atoms with van der Waals surface area (Å²) in [6, 6.07) is -0.222. The molecule has 4 nitrogen and oxygen atoms in total. The predicted molar refractivity (Wildman–Crippen MR) is 93.3 cm³/mol. The predicted octanol–water partition coefficient (Wildman–Crippen LogP) is 3.11. The fourth-order valence-corrected chi connectivity index (χ4v) is 6.60. The summed E-state index contributed by atoms with van der Waals surface area (Å²) in [6.45, 7) is 3.49.